The summed E-state index contributed by atoms with van der Waals surface area (Å²) in [4.78, 5) is 25.2. The molecule has 3 rings (SSSR count). The Morgan fingerprint density at radius 3 is 2.12 bits per heavy atom. The molecule has 1 atom stereocenters. The summed E-state index contributed by atoms with van der Waals surface area (Å²) in [7, 11) is 0. The lowest BCUT2D eigenvalue weighted by Gasteiger charge is -2.19. The molecule has 6 nitrogen and oxygen atoms in total. The predicted octanol–water partition coefficient (Wildman–Crippen LogP) is 4.67. The average molecular weight is 461 g/mol. The molecule has 0 spiro atoms. The van der Waals surface area contributed by atoms with Crippen molar-refractivity contribution in [1.29, 1.82) is 0 Å². The number of rotatable bonds is 12. The van der Waals surface area contributed by atoms with Crippen LogP contribution in [-0.2, 0) is 29.0 Å². The Morgan fingerprint density at radius 2 is 1.47 bits per heavy atom. The molecular weight excluding hydrogens is 428 g/mol. The number of benzene rings is 3. The van der Waals surface area contributed by atoms with Crippen molar-refractivity contribution in [2.24, 2.45) is 0 Å². The van der Waals surface area contributed by atoms with Crippen LogP contribution in [0.4, 0.5) is 4.79 Å². The first-order valence-corrected chi connectivity index (χ1v) is 11.6. The van der Waals surface area contributed by atoms with Crippen LogP contribution in [0.25, 0.3) is 0 Å². The standard InChI is InChI=1S/C28H32N2O4/c1-2-9-22-14-16-25(17-15-22)33-19-18-29-27(31)26(20-23-10-5-3-6-11-23)30-28(32)34-21-24-12-7-4-8-13-24/h3-8,10-17,26H,2,9,18-21H2,1H3,(H,29,31)(H,30,32)/t26-/m0/s1. The third kappa shape index (κ3) is 8.62. The molecule has 0 aliphatic heterocycles. The van der Waals surface area contributed by atoms with Crippen molar-refractivity contribution in [2.45, 2.75) is 38.8 Å². The number of alkyl carbamates (subject to hydrolysis) is 1. The van der Waals surface area contributed by atoms with Gasteiger partial charge in [0.05, 0.1) is 6.54 Å². The Morgan fingerprint density at radius 1 is 0.824 bits per heavy atom. The van der Waals surface area contributed by atoms with E-state index in [2.05, 4.69) is 29.7 Å². The molecule has 0 aromatic heterocycles. The lowest BCUT2D eigenvalue weighted by Crippen LogP contribution is -2.48. The minimum Gasteiger partial charge on any atom is -0.492 e. The van der Waals surface area contributed by atoms with E-state index in [1.165, 1.54) is 5.56 Å². The Hall–Kier alpha value is -3.80. The highest BCUT2D eigenvalue weighted by Gasteiger charge is 2.22. The third-order valence-electron chi connectivity index (χ3n) is 5.24. The van der Waals surface area contributed by atoms with Crippen molar-refractivity contribution in [2.75, 3.05) is 13.2 Å². The van der Waals surface area contributed by atoms with E-state index in [9.17, 15) is 9.59 Å². The Kier molecular flexibility index (Phi) is 9.99. The summed E-state index contributed by atoms with van der Waals surface area (Å²) in [6, 6.07) is 26.2. The molecule has 34 heavy (non-hydrogen) atoms. The summed E-state index contributed by atoms with van der Waals surface area (Å²) in [5.74, 6) is 0.472. The van der Waals surface area contributed by atoms with Crippen LogP contribution in [0.5, 0.6) is 5.75 Å². The molecule has 0 saturated carbocycles. The monoisotopic (exact) mass is 460 g/mol. The zero-order chi connectivity index (χ0) is 24.0. The minimum atomic E-state index is -0.765. The quantitative estimate of drug-likeness (QED) is 0.385. The molecule has 0 radical (unpaired) electrons. The van der Waals surface area contributed by atoms with E-state index in [0.717, 1.165) is 29.7 Å². The van der Waals surface area contributed by atoms with Crippen molar-refractivity contribution >= 4 is 12.0 Å². The fraction of sp³-hybridized carbons (Fsp3) is 0.286. The van der Waals surface area contributed by atoms with Gasteiger partial charge in [0, 0.05) is 6.42 Å². The zero-order valence-electron chi connectivity index (χ0n) is 19.5. The average Bonchev–Trinajstić information content (AvgIpc) is 2.87. The second kappa shape index (κ2) is 13.7. The summed E-state index contributed by atoms with van der Waals surface area (Å²) >= 11 is 0. The van der Waals surface area contributed by atoms with Crippen molar-refractivity contribution in [1.82, 2.24) is 10.6 Å². The number of aryl methyl sites for hydroxylation is 1. The van der Waals surface area contributed by atoms with Gasteiger partial charge in [-0.1, -0.05) is 86.1 Å². The van der Waals surface area contributed by atoms with E-state index in [0.29, 0.717) is 19.6 Å². The molecule has 0 saturated heterocycles. The Labute approximate surface area is 201 Å². The number of ether oxygens (including phenoxy) is 2. The van der Waals surface area contributed by atoms with E-state index >= 15 is 0 Å². The SMILES string of the molecule is CCCc1ccc(OCCNC(=O)[C@H](Cc2ccccc2)NC(=O)OCc2ccccc2)cc1. The van der Waals surface area contributed by atoms with Crippen LogP contribution in [0.1, 0.15) is 30.0 Å². The third-order valence-corrected chi connectivity index (χ3v) is 5.24. The van der Waals surface area contributed by atoms with Crippen LogP contribution in [-0.4, -0.2) is 31.2 Å². The topological polar surface area (TPSA) is 76.7 Å². The maximum atomic E-state index is 12.8. The number of carbonyl (C=O) groups is 2. The molecular formula is C28H32N2O4. The summed E-state index contributed by atoms with van der Waals surface area (Å²) in [6.45, 7) is 2.93. The van der Waals surface area contributed by atoms with Crippen molar-refractivity contribution < 1.29 is 19.1 Å². The van der Waals surface area contributed by atoms with Crippen molar-refractivity contribution in [3.05, 3.63) is 102 Å². The summed E-state index contributed by atoms with van der Waals surface area (Å²) < 4.78 is 11.0. The van der Waals surface area contributed by atoms with Gasteiger partial charge in [-0.3, -0.25) is 4.79 Å². The smallest absolute Gasteiger partial charge is 0.408 e. The van der Waals surface area contributed by atoms with Crippen LogP contribution < -0.4 is 15.4 Å². The lowest BCUT2D eigenvalue weighted by molar-refractivity contribution is -0.123. The first kappa shape index (κ1) is 24.8. The number of amides is 2. The second-order valence-electron chi connectivity index (χ2n) is 7.98. The maximum absolute atomic E-state index is 12.8. The zero-order valence-corrected chi connectivity index (χ0v) is 19.5. The normalized spacial score (nSPS) is 11.3. The van der Waals surface area contributed by atoms with E-state index < -0.39 is 12.1 Å². The summed E-state index contributed by atoms with van der Waals surface area (Å²) in [6.07, 6.45) is 1.86. The van der Waals surface area contributed by atoms with Gasteiger partial charge in [-0.05, 0) is 35.2 Å². The van der Waals surface area contributed by atoms with Gasteiger partial charge < -0.3 is 20.1 Å². The van der Waals surface area contributed by atoms with Gasteiger partial charge in [0.25, 0.3) is 0 Å². The maximum Gasteiger partial charge on any atom is 0.408 e. The Balaban J connectivity index is 1.49. The molecule has 0 aliphatic carbocycles. The Bertz CT molecular complexity index is 1010. The first-order chi connectivity index (χ1) is 16.6. The molecule has 0 bridgehead atoms. The van der Waals surface area contributed by atoms with Crippen molar-refractivity contribution in [3.63, 3.8) is 0 Å². The molecule has 6 heteroatoms. The fourth-order valence-electron chi connectivity index (χ4n) is 3.47. The summed E-state index contributed by atoms with van der Waals surface area (Å²) in [5.41, 5.74) is 3.09. The molecule has 178 valence electrons. The predicted molar refractivity (Wildman–Crippen MR) is 133 cm³/mol. The number of hydrogen-bond acceptors (Lipinski definition) is 4. The van der Waals surface area contributed by atoms with Crippen LogP contribution >= 0.6 is 0 Å². The van der Waals surface area contributed by atoms with Gasteiger partial charge in [0.2, 0.25) is 5.91 Å². The largest absolute Gasteiger partial charge is 0.492 e. The van der Waals surface area contributed by atoms with Gasteiger partial charge in [-0.15, -0.1) is 0 Å². The highest BCUT2D eigenvalue weighted by atomic mass is 16.5. The molecule has 3 aromatic rings. The molecule has 0 aliphatic rings. The van der Waals surface area contributed by atoms with Crippen LogP contribution in [0.3, 0.4) is 0 Å². The van der Waals surface area contributed by atoms with E-state index in [1.807, 2.05) is 72.8 Å². The van der Waals surface area contributed by atoms with Gasteiger partial charge in [0.15, 0.2) is 0 Å². The van der Waals surface area contributed by atoms with Crippen LogP contribution in [0.15, 0.2) is 84.9 Å². The molecule has 2 amide bonds. The van der Waals surface area contributed by atoms with Gasteiger partial charge in [-0.25, -0.2) is 4.79 Å². The van der Waals surface area contributed by atoms with Crippen molar-refractivity contribution in [3.8, 4) is 5.75 Å². The fourth-order valence-corrected chi connectivity index (χ4v) is 3.47. The van der Waals surface area contributed by atoms with Crippen LogP contribution in [0.2, 0.25) is 0 Å². The van der Waals surface area contributed by atoms with Gasteiger partial charge in [0.1, 0.15) is 25.0 Å². The summed E-state index contributed by atoms with van der Waals surface area (Å²) in [5, 5.41) is 5.55. The molecule has 3 aromatic carbocycles. The molecule has 0 fully saturated rings. The first-order valence-electron chi connectivity index (χ1n) is 11.6. The van der Waals surface area contributed by atoms with E-state index in [1.54, 1.807) is 0 Å². The highest BCUT2D eigenvalue weighted by Crippen LogP contribution is 2.13. The molecule has 0 unspecified atom stereocenters. The number of carbonyl (C=O) groups excluding carboxylic acids is 2. The second-order valence-corrected chi connectivity index (χ2v) is 7.98. The van der Waals surface area contributed by atoms with Crippen LogP contribution in [0, 0.1) is 0 Å². The number of hydrogen-bond donors (Lipinski definition) is 2. The highest BCUT2D eigenvalue weighted by molar-refractivity contribution is 5.85. The van der Waals surface area contributed by atoms with E-state index in [-0.39, 0.29) is 12.5 Å². The minimum absolute atomic E-state index is 0.136. The van der Waals surface area contributed by atoms with E-state index in [4.69, 9.17) is 9.47 Å². The molecule has 0 heterocycles. The molecule has 2 N–H and O–H groups in total. The van der Waals surface area contributed by atoms with Gasteiger partial charge >= 0.3 is 6.09 Å². The lowest BCUT2D eigenvalue weighted by atomic mass is 10.1. The van der Waals surface area contributed by atoms with Gasteiger partial charge in [-0.2, -0.15) is 0 Å². The number of nitrogens with one attached hydrogen (secondary N) is 2.